The lowest BCUT2D eigenvalue weighted by atomic mass is 9.94. The summed E-state index contributed by atoms with van der Waals surface area (Å²) in [6.07, 6.45) is 18.3. The van der Waals surface area contributed by atoms with Gasteiger partial charge in [0.15, 0.2) is 0 Å². The van der Waals surface area contributed by atoms with Gasteiger partial charge < -0.3 is 16.4 Å². The molecule has 1 heterocycles. The van der Waals surface area contributed by atoms with E-state index in [4.69, 9.17) is 22.3 Å². The summed E-state index contributed by atoms with van der Waals surface area (Å²) in [5.41, 5.74) is 14.8. The zero-order valence-electron chi connectivity index (χ0n) is 15.2. The number of allylic oxidation sites excluding steroid dienone is 6. The number of rotatable bonds is 4. The molecule has 1 unspecified atom stereocenters. The summed E-state index contributed by atoms with van der Waals surface area (Å²) in [5.74, 6) is 0.439. The first-order valence-corrected chi connectivity index (χ1v) is 9.06. The first-order valence-electron chi connectivity index (χ1n) is 9.06. The molecular formula is C21H25N5O. The predicted molar refractivity (Wildman–Crippen MR) is 108 cm³/mol. The molecule has 0 bridgehead atoms. The zero-order valence-corrected chi connectivity index (χ0v) is 15.2. The van der Waals surface area contributed by atoms with Crippen molar-refractivity contribution in [2.75, 3.05) is 6.54 Å². The van der Waals surface area contributed by atoms with Crippen LogP contribution in [0.4, 0.5) is 0 Å². The maximum absolute atomic E-state index is 12.0. The van der Waals surface area contributed by atoms with Crippen LogP contribution in [0.3, 0.4) is 0 Å². The highest BCUT2D eigenvalue weighted by atomic mass is 16.1. The molecule has 0 aromatic heterocycles. The Morgan fingerprint density at radius 1 is 1.00 bits per heavy atom. The number of carbonyl (C=O) groups is 1. The summed E-state index contributed by atoms with van der Waals surface area (Å²) in [6, 6.07) is 0.0252. The maximum Gasteiger partial charge on any atom is 0.137 e. The number of amidine groups is 2. The third kappa shape index (κ3) is 4.73. The van der Waals surface area contributed by atoms with Gasteiger partial charge in [-0.05, 0) is 24.0 Å². The topological polar surface area (TPSA) is 120 Å². The molecule has 3 rings (SSSR count). The van der Waals surface area contributed by atoms with Crippen LogP contribution in [0.15, 0.2) is 71.0 Å². The molecule has 0 radical (unpaired) electrons. The average molecular weight is 363 g/mol. The van der Waals surface area contributed by atoms with E-state index in [1.807, 2.05) is 36.5 Å². The first-order chi connectivity index (χ1) is 12.9. The number of nitrogens with zero attached hydrogens (tertiary/aromatic N) is 1. The van der Waals surface area contributed by atoms with Crippen molar-refractivity contribution in [3.05, 3.63) is 71.0 Å². The number of carbonyl (C=O) groups excluding carboxylic acids is 1. The Hall–Kier alpha value is -3.15. The minimum Gasteiger partial charge on any atom is -0.384 e. The number of hydrogen-bond donors (Lipinski definition) is 4. The van der Waals surface area contributed by atoms with Crippen molar-refractivity contribution in [2.24, 2.45) is 11.5 Å². The van der Waals surface area contributed by atoms with Gasteiger partial charge in [0.25, 0.3) is 0 Å². The quantitative estimate of drug-likeness (QED) is 0.453. The van der Waals surface area contributed by atoms with Crippen LogP contribution in [0.2, 0.25) is 0 Å². The fourth-order valence-corrected chi connectivity index (χ4v) is 3.39. The minimum atomic E-state index is 0.0252. The van der Waals surface area contributed by atoms with Crippen LogP contribution in [0.1, 0.15) is 25.7 Å². The number of hydrogen-bond acceptors (Lipinski definition) is 4. The molecule has 1 saturated heterocycles. The molecule has 6 N–H and O–H groups in total. The molecule has 0 spiro atoms. The summed E-state index contributed by atoms with van der Waals surface area (Å²) in [4.78, 5) is 14.2. The lowest BCUT2D eigenvalue weighted by Crippen LogP contribution is -2.38. The van der Waals surface area contributed by atoms with Crippen LogP contribution < -0.4 is 11.5 Å². The summed E-state index contributed by atoms with van der Waals surface area (Å²) >= 11 is 0. The Morgan fingerprint density at radius 3 is 2.11 bits per heavy atom. The van der Waals surface area contributed by atoms with Crippen LogP contribution in [0.25, 0.3) is 0 Å². The third-order valence-electron chi connectivity index (χ3n) is 4.94. The summed E-state index contributed by atoms with van der Waals surface area (Å²) in [7, 11) is 0. The molecule has 0 aromatic rings. The van der Waals surface area contributed by atoms with Crippen molar-refractivity contribution in [3.8, 4) is 0 Å². The second kappa shape index (κ2) is 8.03. The third-order valence-corrected chi connectivity index (χ3v) is 4.94. The molecule has 1 aliphatic heterocycles. The molecule has 27 heavy (non-hydrogen) atoms. The van der Waals surface area contributed by atoms with E-state index in [1.165, 1.54) is 0 Å². The maximum atomic E-state index is 12.0. The first kappa shape index (κ1) is 18.6. The van der Waals surface area contributed by atoms with Crippen molar-refractivity contribution in [2.45, 2.75) is 31.7 Å². The van der Waals surface area contributed by atoms with Crippen molar-refractivity contribution in [1.29, 1.82) is 10.8 Å². The van der Waals surface area contributed by atoms with Crippen molar-refractivity contribution in [1.82, 2.24) is 4.90 Å². The van der Waals surface area contributed by atoms with Gasteiger partial charge in [0, 0.05) is 36.7 Å². The normalized spacial score (nSPS) is 25.6. The Kier molecular flexibility index (Phi) is 5.54. The van der Waals surface area contributed by atoms with E-state index in [0.29, 0.717) is 25.8 Å². The van der Waals surface area contributed by atoms with Gasteiger partial charge >= 0.3 is 0 Å². The smallest absolute Gasteiger partial charge is 0.137 e. The monoisotopic (exact) mass is 363 g/mol. The van der Waals surface area contributed by atoms with Crippen molar-refractivity contribution >= 4 is 17.5 Å². The molecule has 1 fully saturated rings. The fourth-order valence-electron chi connectivity index (χ4n) is 3.39. The van der Waals surface area contributed by atoms with Gasteiger partial charge in [-0.15, -0.1) is 0 Å². The number of nitrogens with one attached hydrogen (secondary N) is 2. The zero-order chi connectivity index (χ0) is 19.4. The molecule has 3 aliphatic rings. The van der Waals surface area contributed by atoms with Gasteiger partial charge in [0.05, 0.1) is 6.04 Å². The van der Waals surface area contributed by atoms with Crippen molar-refractivity contribution < 1.29 is 4.79 Å². The van der Waals surface area contributed by atoms with Crippen LogP contribution >= 0.6 is 0 Å². The van der Waals surface area contributed by atoms with Gasteiger partial charge in [0.1, 0.15) is 17.5 Å². The molecule has 0 aromatic carbocycles. The summed E-state index contributed by atoms with van der Waals surface area (Å²) in [5, 5.41) is 15.0. The Bertz CT molecular complexity index is 854. The van der Waals surface area contributed by atoms with E-state index in [2.05, 4.69) is 17.2 Å². The van der Waals surface area contributed by atoms with E-state index in [-0.39, 0.29) is 23.5 Å². The highest BCUT2D eigenvalue weighted by Gasteiger charge is 2.24. The minimum absolute atomic E-state index is 0.0252. The van der Waals surface area contributed by atoms with E-state index in [1.54, 1.807) is 0 Å². The van der Waals surface area contributed by atoms with E-state index >= 15 is 0 Å². The van der Waals surface area contributed by atoms with Gasteiger partial charge in [-0.2, -0.15) is 0 Å². The number of piperidine rings is 1. The number of likely N-dealkylation sites (tertiary alicyclic amines) is 1. The second-order valence-corrected chi connectivity index (χ2v) is 6.96. The van der Waals surface area contributed by atoms with Crippen molar-refractivity contribution in [3.63, 3.8) is 0 Å². The van der Waals surface area contributed by atoms with Crippen LogP contribution in [0, 0.1) is 10.8 Å². The van der Waals surface area contributed by atoms with Crippen LogP contribution in [-0.2, 0) is 4.79 Å². The van der Waals surface area contributed by atoms with Gasteiger partial charge in [-0.25, -0.2) is 0 Å². The molecule has 0 saturated carbocycles. The molecule has 140 valence electrons. The second-order valence-electron chi connectivity index (χ2n) is 6.96. The highest BCUT2D eigenvalue weighted by molar-refractivity contribution is 5.98. The molecule has 1 atom stereocenters. The molecular weight excluding hydrogens is 338 g/mol. The van der Waals surface area contributed by atoms with E-state index in [0.717, 1.165) is 28.7 Å². The molecule has 6 heteroatoms. The largest absolute Gasteiger partial charge is 0.384 e. The standard InChI is InChI=1S/C21H25N5O/c22-20(23)16-5-1-14(2-6-16)11-18-12-19(27)9-10-26(18)13-15-3-7-17(8-4-15)21(24)25/h1,3,5-8,11,13,18H,2,4,9-10,12H2,(H3,22,23)(H3,24,25). The lowest BCUT2D eigenvalue weighted by Gasteiger charge is -2.33. The SMILES string of the molecule is N=C(N)C1=CCC(=CC2CC(=O)CCN2C=C2C=CC(C(=N)N)=CC2)C=C1. The Morgan fingerprint density at radius 2 is 1.59 bits per heavy atom. The average Bonchev–Trinajstić information content (AvgIpc) is 2.65. The van der Waals surface area contributed by atoms with E-state index < -0.39 is 0 Å². The van der Waals surface area contributed by atoms with Gasteiger partial charge in [0.2, 0.25) is 0 Å². The van der Waals surface area contributed by atoms with Crippen LogP contribution in [-0.4, -0.2) is 34.9 Å². The summed E-state index contributed by atoms with van der Waals surface area (Å²) < 4.78 is 0. The Labute approximate surface area is 159 Å². The van der Waals surface area contributed by atoms with Gasteiger partial charge in [-0.1, -0.05) is 42.5 Å². The molecule has 6 nitrogen and oxygen atoms in total. The Balaban J connectivity index is 1.74. The number of ketones is 1. The lowest BCUT2D eigenvalue weighted by molar-refractivity contribution is -0.121. The number of Topliss-reactive ketones (excluding diaryl/α,β-unsaturated/α-hetero) is 1. The highest BCUT2D eigenvalue weighted by Crippen LogP contribution is 2.24. The van der Waals surface area contributed by atoms with E-state index in [9.17, 15) is 4.79 Å². The molecule has 0 amide bonds. The van der Waals surface area contributed by atoms with Crippen LogP contribution in [0.5, 0.6) is 0 Å². The number of nitrogens with two attached hydrogens (primary N) is 2. The summed E-state index contributed by atoms with van der Waals surface area (Å²) in [6.45, 7) is 0.701. The predicted octanol–water partition coefficient (Wildman–Crippen LogP) is 2.47. The van der Waals surface area contributed by atoms with Gasteiger partial charge in [-0.3, -0.25) is 15.6 Å². The fraction of sp³-hybridized carbons (Fsp3) is 0.286. The molecule has 2 aliphatic carbocycles.